The van der Waals surface area contributed by atoms with E-state index in [-0.39, 0.29) is 12.1 Å². The summed E-state index contributed by atoms with van der Waals surface area (Å²) in [5.41, 5.74) is 1.18. The summed E-state index contributed by atoms with van der Waals surface area (Å²) in [6.45, 7) is 2.50. The van der Waals surface area contributed by atoms with Gasteiger partial charge in [0.05, 0.1) is 12.6 Å². The van der Waals surface area contributed by atoms with Gasteiger partial charge >= 0.3 is 6.03 Å². The van der Waals surface area contributed by atoms with Crippen LogP contribution in [0.5, 0.6) is 0 Å². The van der Waals surface area contributed by atoms with Crippen LogP contribution in [0.15, 0.2) is 30.6 Å². The van der Waals surface area contributed by atoms with E-state index in [1.807, 2.05) is 55.3 Å². The van der Waals surface area contributed by atoms with Crippen molar-refractivity contribution in [3.63, 3.8) is 0 Å². The number of urea groups is 1. The first-order valence-electron chi connectivity index (χ1n) is 8.41. The van der Waals surface area contributed by atoms with E-state index in [4.69, 9.17) is 0 Å². The van der Waals surface area contributed by atoms with Crippen LogP contribution in [-0.4, -0.2) is 57.4 Å². The van der Waals surface area contributed by atoms with Crippen LogP contribution in [0.3, 0.4) is 0 Å². The Kier molecular flexibility index (Phi) is 4.89. The minimum Gasteiger partial charge on any atom is -0.353 e. The lowest BCUT2D eigenvalue weighted by atomic mass is 10.1. The van der Waals surface area contributed by atoms with Crippen LogP contribution in [0.2, 0.25) is 0 Å². The maximum absolute atomic E-state index is 12.7. The maximum Gasteiger partial charge on any atom is 0.323 e. The summed E-state index contributed by atoms with van der Waals surface area (Å²) in [6.07, 6.45) is 5.96. The van der Waals surface area contributed by atoms with Gasteiger partial charge in [0.1, 0.15) is 0 Å². The van der Waals surface area contributed by atoms with E-state index < -0.39 is 0 Å². The standard InChI is InChI=1S/C17H26N6O/c1-20(2)12-13-22-11-8-16(19-22)18-17(24)23-10-5-7-15(23)14-6-4-9-21(14)3/h4,6,8-9,11,15H,5,7,10,12-13H2,1-3H3,(H,18,19,24)/t15-/m0/s1. The number of hydrogen-bond acceptors (Lipinski definition) is 3. The van der Waals surface area contributed by atoms with Gasteiger partial charge < -0.3 is 14.4 Å². The normalized spacial score (nSPS) is 17.7. The van der Waals surface area contributed by atoms with Gasteiger partial charge in [-0.25, -0.2) is 4.79 Å². The summed E-state index contributed by atoms with van der Waals surface area (Å²) in [5, 5.41) is 7.36. The Labute approximate surface area is 142 Å². The zero-order chi connectivity index (χ0) is 17.1. The maximum atomic E-state index is 12.7. The number of carbonyl (C=O) groups excluding carboxylic acids is 1. The molecule has 7 heteroatoms. The molecule has 0 spiro atoms. The molecule has 0 radical (unpaired) electrons. The van der Waals surface area contributed by atoms with Gasteiger partial charge in [0.15, 0.2) is 5.82 Å². The molecule has 3 rings (SSSR count). The van der Waals surface area contributed by atoms with Crippen molar-refractivity contribution in [3.05, 3.63) is 36.3 Å². The van der Waals surface area contributed by atoms with Gasteiger partial charge in [0.25, 0.3) is 0 Å². The zero-order valence-electron chi connectivity index (χ0n) is 14.6. The third-order valence-electron chi connectivity index (χ3n) is 4.49. The molecule has 1 aliphatic rings. The highest BCUT2D eigenvalue weighted by molar-refractivity contribution is 5.88. The Bertz CT molecular complexity index is 689. The van der Waals surface area contributed by atoms with Crippen LogP contribution < -0.4 is 5.32 Å². The second-order valence-electron chi connectivity index (χ2n) is 6.59. The molecule has 0 bridgehead atoms. The quantitative estimate of drug-likeness (QED) is 0.914. The van der Waals surface area contributed by atoms with Crippen molar-refractivity contribution in [2.45, 2.75) is 25.4 Å². The topological polar surface area (TPSA) is 58.3 Å². The van der Waals surface area contributed by atoms with Crippen molar-refractivity contribution < 1.29 is 4.79 Å². The number of anilines is 1. The van der Waals surface area contributed by atoms with Crippen molar-refractivity contribution in [3.8, 4) is 0 Å². The summed E-state index contributed by atoms with van der Waals surface area (Å²) in [5.74, 6) is 0.608. The molecular formula is C17H26N6O. The minimum atomic E-state index is -0.0726. The van der Waals surface area contributed by atoms with Crippen LogP contribution in [0.25, 0.3) is 0 Å². The van der Waals surface area contributed by atoms with E-state index in [9.17, 15) is 4.79 Å². The molecular weight excluding hydrogens is 304 g/mol. The largest absolute Gasteiger partial charge is 0.353 e. The molecule has 1 aliphatic heterocycles. The number of aryl methyl sites for hydroxylation is 1. The molecule has 2 amide bonds. The number of hydrogen-bond donors (Lipinski definition) is 1. The van der Waals surface area contributed by atoms with Gasteiger partial charge in [-0.1, -0.05) is 0 Å². The van der Waals surface area contributed by atoms with Gasteiger partial charge in [0, 0.05) is 44.3 Å². The van der Waals surface area contributed by atoms with E-state index in [1.165, 1.54) is 5.69 Å². The smallest absolute Gasteiger partial charge is 0.323 e. The molecule has 3 heterocycles. The zero-order valence-corrected chi connectivity index (χ0v) is 14.6. The Morgan fingerprint density at radius 1 is 1.38 bits per heavy atom. The minimum absolute atomic E-state index is 0.0726. The predicted molar refractivity (Wildman–Crippen MR) is 93.9 cm³/mol. The summed E-state index contributed by atoms with van der Waals surface area (Å²) in [6, 6.07) is 6.03. The average molecular weight is 330 g/mol. The van der Waals surface area contributed by atoms with E-state index in [1.54, 1.807) is 0 Å². The second-order valence-corrected chi connectivity index (χ2v) is 6.59. The molecule has 7 nitrogen and oxygen atoms in total. The first-order valence-corrected chi connectivity index (χ1v) is 8.41. The van der Waals surface area contributed by atoms with Crippen LogP contribution in [-0.2, 0) is 13.6 Å². The van der Waals surface area contributed by atoms with Gasteiger partial charge in [-0.15, -0.1) is 0 Å². The van der Waals surface area contributed by atoms with Crippen molar-refractivity contribution in [1.82, 2.24) is 24.1 Å². The van der Waals surface area contributed by atoms with Crippen molar-refractivity contribution >= 4 is 11.8 Å². The number of likely N-dealkylation sites (tertiary alicyclic amines) is 1. The second kappa shape index (κ2) is 7.09. The van der Waals surface area contributed by atoms with Gasteiger partial charge in [-0.05, 0) is 39.1 Å². The Hall–Kier alpha value is -2.28. The number of nitrogens with one attached hydrogen (secondary N) is 1. The summed E-state index contributed by atoms with van der Waals surface area (Å²) < 4.78 is 3.94. The third-order valence-corrected chi connectivity index (χ3v) is 4.49. The summed E-state index contributed by atoms with van der Waals surface area (Å²) >= 11 is 0. The van der Waals surface area contributed by atoms with Crippen molar-refractivity contribution in [1.29, 1.82) is 0 Å². The molecule has 2 aromatic rings. The van der Waals surface area contributed by atoms with Gasteiger partial charge in [-0.3, -0.25) is 10.00 Å². The lowest BCUT2D eigenvalue weighted by Gasteiger charge is -2.25. The number of aromatic nitrogens is 3. The van der Waals surface area contributed by atoms with Gasteiger partial charge in [-0.2, -0.15) is 5.10 Å². The lowest BCUT2D eigenvalue weighted by molar-refractivity contribution is 0.205. The first kappa shape index (κ1) is 16.6. The summed E-state index contributed by atoms with van der Waals surface area (Å²) in [4.78, 5) is 16.7. The van der Waals surface area contributed by atoms with Crippen LogP contribution in [0.4, 0.5) is 10.6 Å². The molecule has 0 aliphatic carbocycles. The molecule has 1 atom stereocenters. The highest BCUT2D eigenvalue weighted by Crippen LogP contribution is 2.32. The summed E-state index contributed by atoms with van der Waals surface area (Å²) in [7, 11) is 6.09. The first-order chi connectivity index (χ1) is 11.5. The van der Waals surface area contributed by atoms with E-state index >= 15 is 0 Å². The van der Waals surface area contributed by atoms with Crippen LogP contribution in [0.1, 0.15) is 24.6 Å². The van der Waals surface area contributed by atoms with Crippen molar-refractivity contribution in [2.75, 3.05) is 32.5 Å². The molecule has 130 valence electrons. The Balaban J connectivity index is 1.63. The fourth-order valence-electron chi connectivity index (χ4n) is 3.17. The molecule has 24 heavy (non-hydrogen) atoms. The van der Waals surface area contributed by atoms with Crippen molar-refractivity contribution in [2.24, 2.45) is 7.05 Å². The third kappa shape index (κ3) is 3.62. The molecule has 1 fully saturated rings. The molecule has 0 aromatic carbocycles. The monoisotopic (exact) mass is 330 g/mol. The lowest BCUT2D eigenvalue weighted by Crippen LogP contribution is -2.35. The fraction of sp³-hybridized carbons (Fsp3) is 0.529. The Morgan fingerprint density at radius 2 is 2.21 bits per heavy atom. The predicted octanol–water partition coefficient (Wildman–Crippen LogP) is 2.15. The average Bonchev–Trinajstić information content (AvgIpc) is 3.24. The molecule has 0 saturated carbocycles. The number of rotatable bonds is 5. The number of amides is 2. The SMILES string of the molecule is CN(C)CCn1ccc(NC(=O)N2CCC[C@H]2c2cccn2C)n1. The number of carbonyl (C=O) groups is 1. The molecule has 1 N–H and O–H groups in total. The number of nitrogens with zero attached hydrogens (tertiary/aromatic N) is 5. The van der Waals surface area contributed by atoms with E-state index in [0.717, 1.165) is 32.5 Å². The molecule has 0 unspecified atom stereocenters. The Morgan fingerprint density at radius 3 is 2.92 bits per heavy atom. The molecule has 2 aromatic heterocycles. The highest BCUT2D eigenvalue weighted by Gasteiger charge is 2.31. The molecule has 1 saturated heterocycles. The van der Waals surface area contributed by atoms with E-state index in [2.05, 4.69) is 25.9 Å². The highest BCUT2D eigenvalue weighted by atomic mass is 16.2. The van der Waals surface area contributed by atoms with E-state index in [0.29, 0.717) is 5.82 Å². The van der Waals surface area contributed by atoms with Gasteiger partial charge in [0.2, 0.25) is 0 Å². The van der Waals surface area contributed by atoms with Crippen LogP contribution in [0, 0.1) is 0 Å². The van der Waals surface area contributed by atoms with Crippen LogP contribution >= 0.6 is 0 Å². The number of likely N-dealkylation sites (N-methyl/N-ethyl adjacent to an activating group) is 1. The fourth-order valence-corrected chi connectivity index (χ4v) is 3.17.